The van der Waals surface area contributed by atoms with Gasteiger partial charge in [0.15, 0.2) is 17.2 Å². The van der Waals surface area contributed by atoms with Crippen LogP contribution in [0.15, 0.2) is 46.0 Å². The van der Waals surface area contributed by atoms with Gasteiger partial charge in [-0.1, -0.05) is 37.1 Å². The zero-order chi connectivity index (χ0) is 19.5. The van der Waals surface area contributed by atoms with Gasteiger partial charge in [-0.3, -0.25) is 9.59 Å². The zero-order valence-corrected chi connectivity index (χ0v) is 15.8. The van der Waals surface area contributed by atoms with Gasteiger partial charge in [0.2, 0.25) is 0 Å². The molecule has 0 aromatic rings. The fourth-order valence-electron chi connectivity index (χ4n) is 2.49. The normalized spacial score (nSPS) is 20.9. The molecular formula is C20H28O5. The second-order valence-corrected chi connectivity index (χ2v) is 7.23. The van der Waals surface area contributed by atoms with Crippen molar-refractivity contribution in [2.45, 2.75) is 60.0 Å². The molecule has 0 aliphatic heterocycles. The Hall–Kier alpha value is -2.14. The van der Waals surface area contributed by atoms with Gasteiger partial charge in [-0.25, -0.2) is 0 Å². The third-order valence-corrected chi connectivity index (χ3v) is 4.10. The summed E-state index contributed by atoms with van der Waals surface area (Å²) in [6.07, 6.45) is 3.31. The SMILES string of the molecule is CC(C)=CCC1=C(O)C(O)(CC=C(C)C)C(O)=C(C(=O)C(C)C)C1=O. The van der Waals surface area contributed by atoms with Crippen molar-refractivity contribution in [1.29, 1.82) is 0 Å². The number of carbonyl (C=O) groups is 2. The number of carbonyl (C=O) groups excluding carboxylic acids is 2. The summed E-state index contributed by atoms with van der Waals surface area (Å²) < 4.78 is 0. The molecule has 138 valence electrons. The van der Waals surface area contributed by atoms with E-state index in [0.29, 0.717) is 0 Å². The summed E-state index contributed by atoms with van der Waals surface area (Å²) in [5, 5.41) is 32.0. The third-order valence-electron chi connectivity index (χ3n) is 4.10. The number of hydrogen-bond donors (Lipinski definition) is 3. The highest BCUT2D eigenvalue weighted by Gasteiger charge is 2.48. The van der Waals surface area contributed by atoms with Gasteiger partial charge in [0.1, 0.15) is 17.1 Å². The molecule has 1 atom stereocenters. The van der Waals surface area contributed by atoms with Crippen LogP contribution in [-0.4, -0.2) is 32.5 Å². The van der Waals surface area contributed by atoms with Gasteiger partial charge >= 0.3 is 0 Å². The van der Waals surface area contributed by atoms with E-state index < -0.39 is 40.2 Å². The molecule has 0 bridgehead atoms. The number of aliphatic hydroxyl groups excluding tert-OH is 2. The average Bonchev–Trinajstić information content (AvgIpc) is 2.50. The molecule has 0 aromatic carbocycles. The third kappa shape index (κ3) is 4.28. The quantitative estimate of drug-likeness (QED) is 0.500. The molecule has 1 rings (SSSR count). The Morgan fingerprint density at radius 3 is 2.00 bits per heavy atom. The van der Waals surface area contributed by atoms with E-state index in [1.807, 2.05) is 27.7 Å². The van der Waals surface area contributed by atoms with E-state index in [-0.39, 0.29) is 18.4 Å². The van der Waals surface area contributed by atoms with E-state index in [1.165, 1.54) is 0 Å². The largest absolute Gasteiger partial charge is 0.508 e. The Bertz CT molecular complexity index is 696. The minimum absolute atomic E-state index is 0.0624. The van der Waals surface area contributed by atoms with Crippen LogP contribution in [0.4, 0.5) is 0 Å². The van der Waals surface area contributed by atoms with Gasteiger partial charge < -0.3 is 15.3 Å². The number of Topliss-reactive ketones (excluding diaryl/α,β-unsaturated/α-hetero) is 2. The second kappa shape index (κ2) is 7.83. The number of hydrogen-bond acceptors (Lipinski definition) is 5. The lowest BCUT2D eigenvalue weighted by Gasteiger charge is -2.33. The standard InChI is InChI=1S/C20H28O5/c1-11(2)7-8-14-17(22)15(16(21)13(5)6)19(24)20(25,18(14)23)10-9-12(3)4/h7,9,13,23-25H,8,10H2,1-6H3. The summed E-state index contributed by atoms with van der Waals surface area (Å²) in [6, 6.07) is 0. The van der Waals surface area contributed by atoms with Gasteiger partial charge in [0, 0.05) is 17.9 Å². The maximum Gasteiger partial charge on any atom is 0.199 e. The summed E-state index contributed by atoms with van der Waals surface area (Å²) in [5.74, 6) is -3.18. The highest BCUT2D eigenvalue weighted by atomic mass is 16.4. The van der Waals surface area contributed by atoms with Crippen LogP contribution in [0.5, 0.6) is 0 Å². The van der Waals surface area contributed by atoms with E-state index in [0.717, 1.165) is 11.1 Å². The molecule has 1 aliphatic rings. The first kappa shape index (κ1) is 20.9. The molecule has 5 heteroatoms. The fourth-order valence-corrected chi connectivity index (χ4v) is 2.49. The van der Waals surface area contributed by atoms with Crippen molar-refractivity contribution in [3.63, 3.8) is 0 Å². The average molecular weight is 348 g/mol. The van der Waals surface area contributed by atoms with E-state index >= 15 is 0 Å². The Balaban J connectivity index is 3.61. The van der Waals surface area contributed by atoms with Crippen molar-refractivity contribution in [3.8, 4) is 0 Å². The Kier molecular flexibility index (Phi) is 6.54. The predicted molar refractivity (Wildman–Crippen MR) is 97.2 cm³/mol. The number of allylic oxidation sites excluding steroid dienone is 5. The monoisotopic (exact) mass is 348 g/mol. The minimum Gasteiger partial charge on any atom is -0.508 e. The second-order valence-electron chi connectivity index (χ2n) is 7.23. The van der Waals surface area contributed by atoms with Crippen LogP contribution in [-0.2, 0) is 9.59 Å². The minimum atomic E-state index is -2.17. The lowest BCUT2D eigenvalue weighted by Crippen LogP contribution is -2.42. The first-order valence-electron chi connectivity index (χ1n) is 8.37. The lowest BCUT2D eigenvalue weighted by atomic mass is 9.77. The van der Waals surface area contributed by atoms with Crippen LogP contribution < -0.4 is 0 Å². The van der Waals surface area contributed by atoms with E-state index in [1.54, 1.807) is 26.0 Å². The van der Waals surface area contributed by atoms with Gasteiger partial charge in [-0.15, -0.1) is 0 Å². The molecule has 3 N–H and O–H groups in total. The van der Waals surface area contributed by atoms with Gasteiger partial charge in [0.05, 0.1) is 0 Å². The molecule has 0 saturated carbocycles. The molecule has 0 amide bonds. The highest BCUT2D eigenvalue weighted by Crippen LogP contribution is 2.39. The van der Waals surface area contributed by atoms with Crippen LogP contribution in [0, 0.1) is 5.92 Å². The van der Waals surface area contributed by atoms with Crippen LogP contribution in [0.2, 0.25) is 0 Å². The van der Waals surface area contributed by atoms with Crippen molar-refractivity contribution in [2.24, 2.45) is 5.92 Å². The molecule has 0 spiro atoms. The van der Waals surface area contributed by atoms with Crippen molar-refractivity contribution < 1.29 is 24.9 Å². The number of aliphatic hydroxyl groups is 3. The fraction of sp³-hybridized carbons (Fsp3) is 0.500. The Morgan fingerprint density at radius 2 is 1.56 bits per heavy atom. The van der Waals surface area contributed by atoms with E-state index in [9.17, 15) is 24.9 Å². The van der Waals surface area contributed by atoms with Gasteiger partial charge in [-0.2, -0.15) is 0 Å². The van der Waals surface area contributed by atoms with Crippen molar-refractivity contribution >= 4 is 11.6 Å². The molecule has 1 unspecified atom stereocenters. The van der Waals surface area contributed by atoms with Gasteiger partial charge in [0.25, 0.3) is 0 Å². The topological polar surface area (TPSA) is 94.8 Å². The molecule has 0 radical (unpaired) electrons. The molecule has 0 aromatic heterocycles. The summed E-state index contributed by atoms with van der Waals surface area (Å²) in [5.41, 5.74) is -0.872. The van der Waals surface area contributed by atoms with Crippen molar-refractivity contribution in [1.82, 2.24) is 0 Å². The van der Waals surface area contributed by atoms with E-state index in [4.69, 9.17) is 0 Å². The van der Waals surface area contributed by atoms with Crippen LogP contribution in [0.1, 0.15) is 54.4 Å². The van der Waals surface area contributed by atoms with Crippen LogP contribution in [0.25, 0.3) is 0 Å². The van der Waals surface area contributed by atoms with Gasteiger partial charge in [-0.05, 0) is 34.1 Å². The summed E-state index contributed by atoms with van der Waals surface area (Å²) in [6.45, 7) is 10.5. The highest BCUT2D eigenvalue weighted by molar-refractivity contribution is 6.28. The number of rotatable bonds is 6. The smallest absolute Gasteiger partial charge is 0.199 e. The molecule has 1 aliphatic carbocycles. The van der Waals surface area contributed by atoms with Crippen molar-refractivity contribution in [3.05, 3.63) is 46.0 Å². The molecule has 5 nitrogen and oxygen atoms in total. The van der Waals surface area contributed by atoms with Crippen molar-refractivity contribution in [2.75, 3.05) is 0 Å². The predicted octanol–water partition coefficient (Wildman–Crippen LogP) is 3.86. The maximum atomic E-state index is 12.7. The first-order valence-corrected chi connectivity index (χ1v) is 8.37. The molecule has 0 fully saturated rings. The summed E-state index contributed by atoms with van der Waals surface area (Å²) in [7, 11) is 0. The molecule has 0 saturated heterocycles. The van der Waals surface area contributed by atoms with Crippen LogP contribution in [0.3, 0.4) is 0 Å². The van der Waals surface area contributed by atoms with Crippen LogP contribution >= 0.6 is 0 Å². The molecule has 0 heterocycles. The number of ketones is 2. The lowest BCUT2D eigenvalue weighted by molar-refractivity contribution is -0.123. The Labute approximate surface area is 149 Å². The zero-order valence-electron chi connectivity index (χ0n) is 15.8. The summed E-state index contributed by atoms with van der Waals surface area (Å²) in [4.78, 5) is 25.2. The maximum absolute atomic E-state index is 12.7. The Morgan fingerprint density at radius 1 is 1.04 bits per heavy atom. The first-order chi connectivity index (χ1) is 11.4. The summed E-state index contributed by atoms with van der Waals surface area (Å²) >= 11 is 0. The van der Waals surface area contributed by atoms with E-state index in [2.05, 4.69) is 0 Å². The molecular weight excluding hydrogens is 320 g/mol. The molecule has 25 heavy (non-hydrogen) atoms.